The zero-order chi connectivity index (χ0) is 23.8. The average molecular weight is 449 g/mol. The van der Waals surface area contributed by atoms with Gasteiger partial charge in [0.1, 0.15) is 0 Å². The van der Waals surface area contributed by atoms with Crippen LogP contribution < -0.4 is 10.2 Å². The van der Waals surface area contributed by atoms with E-state index >= 15 is 0 Å². The molecule has 1 saturated heterocycles. The summed E-state index contributed by atoms with van der Waals surface area (Å²) in [5.74, 6) is -0.683. The maximum absolute atomic E-state index is 13.9. The van der Waals surface area contributed by atoms with Gasteiger partial charge in [0.25, 0.3) is 11.8 Å². The number of amides is 3. The van der Waals surface area contributed by atoms with E-state index in [1.165, 1.54) is 0 Å². The molecule has 0 aliphatic carbocycles. The lowest BCUT2D eigenvalue weighted by Gasteiger charge is -2.49. The number of rotatable bonds is 7. The number of carbonyl (C=O) groups is 3. The molecule has 7 nitrogen and oxygen atoms in total. The van der Waals surface area contributed by atoms with Crippen molar-refractivity contribution in [3.05, 3.63) is 65.7 Å². The zero-order valence-electron chi connectivity index (χ0n) is 19.8. The highest BCUT2D eigenvalue weighted by Crippen LogP contribution is 2.45. The number of hydrogen-bond acceptors (Lipinski definition) is 4. The lowest BCUT2D eigenvalue weighted by Crippen LogP contribution is -2.70. The summed E-state index contributed by atoms with van der Waals surface area (Å²) in [7, 11) is 4.00. The molecule has 0 aromatic heterocycles. The molecule has 3 amide bonds. The molecule has 0 radical (unpaired) electrons. The highest BCUT2D eigenvalue weighted by Gasteiger charge is 2.60. The largest absolute Gasteiger partial charge is 0.352 e. The van der Waals surface area contributed by atoms with Gasteiger partial charge in [0.05, 0.1) is 11.3 Å². The molecule has 0 bridgehead atoms. The Balaban J connectivity index is 1.76. The van der Waals surface area contributed by atoms with Crippen LogP contribution in [0.5, 0.6) is 0 Å². The van der Waals surface area contributed by atoms with Crippen molar-refractivity contribution in [2.24, 2.45) is 5.41 Å². The fourth-order valence-corrected chi connectivity index (χ4v) is 5.14. The lowest BCUT2D eigenvalue weighted by molar-refractivity contribution is -0.134. The van der Waals surface area contributed by atoms with Gasteiger partial charge in [-0.15, -0.1) is 0 Å². The number of nitrogens with zero attached hydrogens (tertiary/aromatic N) is 3. The summed E-state index contributed by atoms with van der Waals surface area (Å²) in [6.45, 7) is 5.64. The third kappa shape index (κ3) is 4.13. The van der Waals surface area contributed by atoms with Crippen molar-refractivity contribution in [3.63, 3.8) is 0 Å². The van der Waals surface area contributed by atoms with Crippen LogP contribution in [0.1, 0.15) is 42.6 Å². The third-order valence-corrected chi connectivity index (χ3v) is 6.39. The SMILES string of the molecule is CN(C)CC(C)(C)CNC(=O)C12CCC(=O)N1c1ccccc1C(=O)N2Cc1ccccc1. The number of hydrogen-bond donors (Lipinski definition) is 1. The monoisotopic (exact) mass is 448 g/mol. The maximum Gasteiger partial charge on any atom is 0.267 e. The van der Waals surface area contributed by atoms with Crippen LogP contribution in [0.2, 0.25) is 0 Å². The van der Waals surface area contributed by atoms with Gasteiger partial charge in [-0.25, -0.2) is 0 Å². The predicted molar refractivity (Wildman–Crippen MR) is 128 cm³/mol. The van der Waals surface area contributed by atoms with Crippen molar-refractivity contribution < 1.29 is 14.4 Å². The van der Waals surface area contributed by atoms with Crippen LogP contribution in [0.3, 0.4) is 0 Å². The third-order valence-electron chi connectivity index (χ3n) is 6.39. The Bertz CT molecular complexity index is 1070. The topological polar surface area (TPSA) is 73.0 Å². The van der Waals surface area contributed by atoms with Gasteiger partial charge >= 0.3 is 0 Å². The maximum atomic E-state index is 13.9. The number of carbonyl (C=O) groups excluding carboxylic acids is 3. The molecule has 1 N–H and O–H groups in total. The van der Waals surface area contributed by atoms with Crippen molar-refractivity contribution in [1.82, 2.24) is 15.1 Å². The first-order chi connectivity index (χ1) is 15.7. The molecular weight excluding hydrogens is 416 g/mol. The number of anilines is 1. The number of benzene rings is 2. The Morgan fingerprint density at radius 1 is 1.06 bits per heavy atom. The van der Waals surface area contributed by atoms with E-state index in [4.69, 9.17) is 0 Å². The van der Waals surface area contributed by atoms with Crippen LogP contribution in [0.4, 0.5) is 5.69 Å². The molecule has 1 unspecified atom stereocenters. The van der Waals surface area contributed by atoms with Gasteiger partial charge in [0, 0.05) is 32.5 Å². The van der Waals surface area contributed by atoms with E-state index in [0.29, 0.717) is 17.8 Å². The minimum Gasteiger partial charge on any atom is -0.352 e. The highest BCUT2D eigenvalue weighted by atomic mass is 16.2. The van der Waals surface area contributed by atoms with Gasteiger partial charge in [0.15, 0.2) is 0 Å². The van der Waals surface area contributed by atoms with Gasteiger partial charge in [-0.2, -0.15) is 0 Å². The van der Waals surface area contributed by atoms with E-state index in [2.05, 4.69) is 24.1 Å². The van der Waals surface area contributed by atoms with Crippen molar-refractivity contribution >= 4 is 23.4 Å². The Kier molecular flexibility index (Phi) is 6.01. The molecule has 7 heteroatoms. The molecule has 0 spiro atoms. The van der Waals surface area contributed by atoms with Gasteiger partial charge in [-0.05, 0) is 37.2 Å². The molecule has 2 aromatic carbocycles. The second kappa shape index (κ2) is 8.63. The summed E-state index contributed by atoms with van der Waals surface area (Å²) in [5, 5.41) is 3.09. The Labute approximate surface area is 195 Å². The molecule has 2 aliphatic rings. The van der Waals surface area contributed by atoms with Gasteiger partial charge in [-0.3, -0.25) is 19.3 Å². The average Bonchev–Trinajstić information content (AvgIpc) is 3.13. The normalized spacial score (nSPS) is 20.2. The number of nitrogens with one attached hydrogen (secondary N) is 1. The summed E-state index contributed by atoms with van der Waals surface area (Å²) in [5.41, 5.74) is 0.304. The Morgan fingerprint density at radius 3 is 2.42 bits per heavy atom. The summed E-state index contributed by atoms with van der Waals surface area (Å²) >= 11 is 0. The molecule has 2 aromatic rings. The minimum absolute atomic E-state index is 0.143. The van der Waals surface area contributed by atoms with Crippen LogP contribution in [0, 0.1) is 5.41 Å². The molecule has 2 heterocycles. The van der Waals surface area contributed by atoms with Crippen LogP contribution in [-0.2, 0) is 16.1 Å². The summed E-state index contributed by atoms with van der Waals surface area (Å²) < 4.78 is 0. The fourth-order valence-electron chi connectivity index (χ4n) is 5.14. The van der Waals surface area contributed by atoms with Crippen LogP contribution in [-0.4, -0.2) is 60.4 Å². The van der Waals surface area contributed by atoms with Crippen LogP contribution in [0.25, 0.3) is 0 Å². The number of para-hydroxylation sites is 1. The first kappa shape index (κ1) is 23.0. The molecule has 33 heavy (non-hydrogen) atoms. The van der Waals surface area contributed by atoms with E-state index in [1.54, 1.807) is 34.1 Å². The van der Waals surface area contributed by atoms with Crippen LogP contribution in [0.15, 0.2) is 54.6 Å². The summed E-state index contributed by atoms with van der Waals surface area (Å²) in [6, 6.07) is 16.7. The predicted octanol–water partition coefficient (Wildman–Crippen LogP) is 2.87. The Morgan fingerprint density at radius 2 is 1.73 bits per heavy atom. The fraction of sp³-hybridized carbons (Fsp3) is 0.423. The van der Waals surface area contributed by atoms with Gasteiger partial charge < -0.3 is 15.1 Å². The molecule has 1 atom stereocenters. The van der Waals surface area contributed by atoms with Crippen LogP contribution >= 0.6 is 0 Å². The van der Waals surface area contributed by atoms with Crippen molar-refractivity contribution in [1.29, 1.82) is 0 Å². The standard InChI is InChI=1S/C26H32N4O3/c1-25(2,18-28(3)4)17-27-24(33)26-15-14-22(31)30(26)21-13-9-8-12-20(21)23(32)29(26)16-19-10-6-5-7-11-19/h5-13H,14-18H2,1-4H3,(H,27,33). The summed E-state index contributed by atoms with van der Waals surface area (Å²) in [6.07, 6.45) is 0.472. The lowest BCUT2D eigenvalue weighted by atomic mass is 9.91. The van der Waals surface area contributed by atoms with E-state index in [-0.39, 0.29) is 42.5 Å². The van der Waals surface area contributed by atoms with E-state index in [0.717, 1.165) is 12.1 Å². The van der Waals surface area contributed by atoms with E-state index in [1.807, 2.05) is 44.4 Å². The quantitative estimate of drug-likeness (QED) is 0.707. The van der Waals surface area contributed by atoms with Gasteiger partial charge in [-0.1, -0.05) is 56.3 Å². The number of fused-ring (bicyclic) bond motifs is 3. The second-order valence-electron chi connectivity index (χ2n) is 10.0. The zero-order valence-corrected chi connectivity index (χ0v) is 19.8. The highest BCUT2D eigenvalue weighted by molar-refractivity contribution is 6.16. The van der Waals surface area contributed by atoms with Crippen molar-refractivity contribution in [2.45, 2.75) is 38.9 Å². The summed E-state index contributed by atoms with van der Waals surface area (Å²) in [4.78, 5) is 46.0. The minimum atomic E-state index is -1.38. The molecule has 0 saturated carbocycles. The molecule has 1 fully saturated rings. The Hall–Kier alpha value is -3.19. The first-order valence-corrected chi connectivity index (χ1v) is 11.4. The van der Waals surface area contributed by atoms with E-state index in [9.17, 15) is 14.4 Å². The molecule has 174 valence electrons. The molecule has 4 rings (SSSR count). The van der Waals surface area contributed by atoms with Crippen molar-refractivity contribution in [2.75, 3.05) is 32.1 Å². The second-order valence-corrected chi connectivity index (χ2v) is 10.0. The van der Waals surface area contributed by atoms with Gasteiger partial charge in [0.2, 0.25) is 11.6 Å². The molecule has 2 aliphatic heterocycles. The van der Waals surface area contributed by atoms with E-state index < -0.39 is 5.66 Å². The smallest absolute Gasteiger partial charge is 0.267 e. The molecular formula is C26H32N4O3. The first-order valence-electron chi connectivity index (χ1n) is 11.4. The van der Waals surface area contributed by atoms with Crippen molar-refractivity contribution in [3.8, 4) is 0 Å².